The van der Waals surface area contributed by atoms with E-state index in [1.807, 2.05) is 6.92 Å². The number of halogens is 3. The van der Waals surface area contributed by atoms with Gasteiger partial charge in [0.15, 0.2) is 5.96 Å². The Labute approximate surface area is 175 Å². The maximum absolute atomic E-state index is 12.7. The number of nitrogens with one attached hydrogen (secondary N) is 1. The lowest BCUT2D eigenvalue weighted by atomic mass is 9.95. The van der Waals surface area contributed by atoms with Crippen LogP contribution in [0.3, 0.4) is 0 Å². The Morgan fingerprint density at radius 1 is 1.13 bits per heavy atom. The number of rotatable bonds is 5. The first-order valence-electron chi connectivity index (χ1n) is 10.5. The number of ether oxygens (including phenoxy) is 1. The van der Waals surface area contributed by atoms with E-state index in [2.05, 4.69) is 20.1 Å². The minimum atomic E-state index is -4.30. The van der Waals surface area contributed by atoms with Crippen LogP contribution in [0.1, 0.15) is 30.9 Å². The molecule has 9 heteroatoms. The van der Waals surface area contributed by atoms with Crippen LogP contribution in [-0.2, 0) is 17.5 Å². The number of benzene rings is 1. The summed E-state index contributed by atoms with van der Waals surface area (Å²) in [5.41, 5.74) is -0.545. The van der Waals surface area contributed by atoms with Crippen molar-refractivity contribution >= 4 is 5.96 Å². The molecule has 1 aromatic carbocycles. The van der Waals surface area contributed by atoms with Crippen LogP contribution in [0.25, 0.3) is 0 Å². The van der Waals surface area contributed by atoms with E-state index in [-0.39, 0.29) is 0 Å². The molecule has 2 aliphatic heterocycles. The van der Waals surface area contributed by atoms with Gasteiger partial charge in [0.05, 0.1) is 17.7 Å². The molecule has 2 N–H and O–H groups in total. The number of aliphatic imine (C=N–C) groups is 1. The Kier molecular flexibility index (Phi) is 7.60. The fourth-order valence-electron chi connectivity index (χ4n) is 3.73. The van der Waals surface area contributed by atoms with Gasteiger partial charge in [0.25, 0.3) is 0 Å². The quantitative estimate of drug-likeness (QED) is 0.557. The molecule has 0 unspecified atom stereocenters. The molecular formula is C21H31F3N4O2. The van der Waals surface area contributed by atoms with Crippen molar-refractivity contribution in [2.45, 2.75) is 38.1 Å². The summed E-state index contributed by atoms with van der Waals surface area (Å²) in [5.74, 6) is 0.798. The average Bonchev–Trinajstić information content (AvgIpc) is 2.72. The topological polar surface area (TPSA) is 60.3 Å². The highest BCUT2D eigenvalue weighted by Crippen LogP contribution is 2.29. The first-order valence-corrected chi connectivity index (χ1v) is 10.5. The Hall–Kier alpha value is -1.84. The fourth-order valence-corrected chi connectivity index (χ4v) is 3.73. The van der Waals surface area contributed by atoms with E-state index in [0.717, 1.165) is 56.4 Å². The number of aliphatic hydroxyl groups is 1. The van der Waals surface area contributed by atoms with Gasteiger partial charge in [-0.2, -0.15) is 13.2 Å². The molecule has 0 spiro atoms. The zero-order valence-electron chi connectivity index (χ0n) is 17.4. The monoisotopic (exact) mass is 428 g/mol. The molecule has 0 amide bonds. The highest BCUT2D eigenvalue weighted by Gasteiger charge is 2.31. The van der Waals surface area contributed by atoms with E-state index in [9.17, 15) is 18.3 Å². The summed E-state index contributed by atoms with van der Waals surface area (Å²) in [6.45, 7) is 7.99. The molecule has 0 aliphatic carbocycles. The maximum Gasteiger partial charge on any atom is 0.416 e. The van der Waals surface area contributed by atoms with E-state index >= 15 is 0 Å². The van der Waals surface area contributed by atoms with Crippen molar-refractivity contribution in [3.8, 4) is 0 Å². The second-order valence-electron chi connectivity index (χ2n) is 7.96. The number of guanidine groups is 1. The van der Waals surface area contributed by atoms with Crippen LogP contribution in [0.2, 0.25) is 0 Å². The second-order valence-corrected chi connectivity index (χ2v) is 7.96. The van der Waals surface area contributed by atoms with Crippen LogP contribution < -0.4 is 5.32 Å². The van der Waals surface area contributed by atoms with Crippen molar-refractivity contribution in [2.75, 3.05) is 52.5 Å². The highest BCUT2D eigenvalue weighted by atomic mass is 19.4. The SMILES string of the molecule is CCNC(=NCC1(O)CCOCC1)N1CCN(Cc2ccc(C(F)(F)F)cc2)CC1. The Bertz CT molecular complexity index is 695. The summed E-state index contributed by atoms with van der Waals surface area (Å²) in [7, 11) is 0. The molecule has 3 rings (SSSR count). The average molecular weight is 428 g/mol. The van der Waals surface area contributed by atoms with Gasteiger partial charge in [-0.1, -0.05) is 12.1 Å². The van der Waals surface area contributed by atoms with Crippen LogP contribution in [0, 0.1) is 0 Å². The number of nitrogens with zero attached hydrogens (tertiary/aromatic N) is 3. The predicted octanol–water partition coefficient (Wildman–Crippen LogP) is 2.33. The first kappa shape index (κ1) is 22.8. The first-order chi connectivity index (χ1) is 14.3. The minimum Gasteiger partial charge on any atom is -0.388 e. The van der Waals surface area contributed by atoms with Gasteiger partial charge in [-0.3, -0.25) is 9.89 Å². The zero-order chi connectivity index (χ0) is 21.6. The van der Waals surface area contributed by atoms with E-state index in [1.165, 1.54) is 0 Å². The molecule has 1 aromatic rings. The van der Waals surface area contributed by atoms with Crippen LogP contribution in [0.15, 0.2) is 29.3 Å². The number of alkyl halides is 3. The van der Waals surface area contributed by atoms with Crippen LogP contribution in [0.4, 0.5) is 13.2 Å². The zero-order valence-corrected chi connectivity index (χ0v) is 17.4. The molecule has 6 nitrogen and oxygen atoms in total. The second kappa shape index (κ2) is 9.98. The maximum atomic E-state index is 12.7. The molecule has 168 valence electrons. The number of piperazine rings is 1. The van der Waals surface area contributed by atoms with E-state index in [0.29, 0.717) is 39.1 Å². The van der Waals surface area contributed by atoms with E-state index in [4.69, 9.17) is 4.74 Å². The molecule has 2 saturated heterocycles. The van der Waals surface area contributed by atoms with Gasteiger partial charge < -0.3 is 20.1 Å². The lowest BCUT2D eigenvalue weighted by Gasteiger charge is -2.37. The van der Waals surface area contributed by atoms with Crippen molar-refractivity contribution in [1.82, 2.24) is 15.1 Å². The van der Waals surface area contributed by atoms with Crippen LogP contribution in [-0.4, -0.2) is 78.9 Å². The molecule has 0 atom stereocenters. The molecule has 0 saturated carbocycles. The Morgan fingerprint density at radius 2 is 1.77 bits per heavy atom. The van der Waals surface area contributed by atoms with Crippen molar-refractivity contribution in [1.29, 1.82) is 0 Å². The molecule has 0 aromatic heterocycles. The highest BCUT2D eigenvalue weighted by molar-refractivity contribution is 5.80. The van der Waals surface area contributed by atoms with Gasteiger partial charge in [-0.25, -0.2) is 0 Å². The molecule has 0 radical (unpaired) electrons. The van der Waals surface area contributed by atoms with Gasteiger partial charge in [-0.05, 0) is 24.6 Å². The minimum absolute atomic E-state index is 0.352. The predicted molar refractivity (Wildman–Crippen MR) is 109 cm³/mol. The van der Waals surface area contributed by atoms with Crippen molar-refractivity contribution in [3.05, 3.63) is 35.4 Å². The lowest BCUT2D eigenvalue weighted by molar-refractivity contribution is -0.137. The van der Waals surface area contributed by atoms with Gasteiger partial charge in [0, 0.05) is 65.3 Å². The summed E-state index contributed by atoms with van der Waals surface area (Å²) in [5, 5.41) is 14.0. The molecule has 0 bridgehead atoms. The summed E-state index contributed by atoms with van der Waals surface area (Å²) >= 11 is 0. The van der Waals surface area contributed by atoms with Gasteiger partial charge >= 0.3 is 6.18 Å². The fraction of sp³-hybridized carbons (Fsp3) is 0.667. The van der Waals surface area contributed by atoms with Gasteiger partial charge in [0.2, 0.25) is 0 Å². The van der Waals surface area contributed by atoms with Gasteiger partial charge in [-0.15, -0.1) is 0 Å². The van der Waals surface area contributed by atoms with Gasteiger partial charge in [0.1, 0.15) is 0 Å². The molecule has 2 aliphatic rings. The summed E-state index contributed by atoms with van der Waals surface area (Å²) < 4.78 is 43.5. The smallest absolute Gasteiger partial charge is 0.388 e. The van der Waals surface area contributed by atoms with Crippen molar-refractivity contribution < 1.29 is 23.0 Å². The Balaban J connectivity index is 1.52. The molecule has 2 heterocycles. The van der Waals surface area contributed by atoms with E-state index < -0.39 is 17.3 Å². The Morgan fingerprint density at radius 3 is 2.33 bits per heavy atom. The normalized spacial score (nSPS) is 21.0. The number of hydrogen-bond acceptors (Lipinski definition) is 4. The van der Waals surface area contributed by atoms with Crippen LogP contribution in [0.5, 0.6) is 0 Å². The lowest BCUT2D eigenvalue weighted by Crippen LogP contribution is -2.52. The van der Waals surface area contributed by atoms with E-state index in [1.54, 1.807) is 12.1 Å². The molecule has 2 fully saturated rings. The summed E-state index contributed by atoms with van der Waals surface area (Å²) in [4.78, 5) is 9.08. The van der Waals surface area contributed by atoms with Crippen molar-refractivity contribution in [3.63, 3.8) is 0 Å². The third kappa shape index (κ3) is 6.33. The summed E-state index contributed by atoms with van der Waals surface area (Å²) in [6.07, 6.45) is -3.11. The number of hydrogen-bond donors (Lipinski definition) is 2. The molecular weight excluding hydrogens is 397 g/mol. The largest absolute Gasteiger partial charge is 0.416 e. The standard InChI is InChI=1S/C21H31F3N4O2/c1-2-25-19(26-16-20(29)7-13-30-14-8-20)28-11-9-27(10-12-28)15-17-3-5-18(6-4-17)21(22,23)24/h3-6,29H,2,7-16H2,1H3,(H,25,26). The third-order valence-corrected chi connectivity index (χ3v) is 5.64. The summed E-state index contributed by atoms with van der Waals surface area (Å²) in [6, 6.07) is 5.38. The third-order valence-electron chi connectivity index (χ3n) is 5.64. The van der Waals surface area contributed by atoms with Crippen LogP contribution >= 0.6 is 0 Å². The van der Waals surface area contributed by atoms with Crippen molar-refractivity contribution in [2.24, 2.45) is 4.99 Å². The molecule has 30 heavy (non-hydrogen) atoms.